The number of carbonyl (C=O) groups excluding carboxylic acids is 2. The number of hydrogen-bond donors (Lipinski definition) is 3. The van der Waals surface area contributed by atoms with Crippen LogP contribution in [0, 0.1) is 0 Å². The quantitative estimate of drug-likeness (QED) is 0.414. The molecule has 0 saturated heterocycles. The van der Waals surface area contributed by atoms with Gasteiger partial charge in [-0.3, -0.25) is 0 Å². The first kappa shape index (κ1) is 21.6. The van der Waals surface area contributed by atoms with Crippen LogP contribution in [0.4, 0.5) is 0 Å². The van der Waals surface area contributed by atoms with Crippen LogP contribution in [0.1, 0.15) is 33.4 Å². The monoisotopic (exact) mass is 390 g/mol. The first-order valence-electron chi connectivity index (χ1n) is 8.95. The van der Waals surface area contributed by atoms with E-state index in [1.54, 1.807) is 25.1 Å². The lowest BCUT2D eigenvalue weighted by Gasteiger charge is -2.07. The van der Waals surface area contributed by atoms with E-state index in [1.165, 1.54) is 20.3 Å². The summed E-state index contributed by atoms with van der Waals surface area (Å²) in [5.74, 6) is 0.142. The molecule has 8 nitrogen and oxygen atoms in total. The lowest BCUT2D eigenvalue weighted by atomic mass is 10.0. The van der Waals surface area contributed by atoms with Crippen LogP contribution >= 0.6 is 0 Å². The predicted molar refractivity (Wildman–Crippen MR) is 103 cm³/mol. The van der Waals surface area contributed by atoms with E-state index in [0.29, 0.717) is 36.7 Å². The van der Waals surface area contributed by atoms with E-state index < -0.39 is 11.9 Å². The fourth-order valence-corrected chi connectivity index (χ4v) is 2.57. The topological polar surface area (TPSA) is 110 Å². The van der Waals surface area contributed by atoms with E-state index in [0.717, 1.165) is 6.54 Å². The smallest absolute Gasteiger partial charge is 0.337 e. The van der Waals surface area contributed by atoms with Crippen molar-refractivity contribution in [3.8, 4) is 11.3 Å². The molecule has 0 aliphatic heterocycles. The number of ether oxygens (including phenoxy) is 2. The Bertz CT molecular complexity index is 765. The molecule has 2 rings (SSSR count). The summed E-state index contributed by atoms with van der Waals surface area (Å²) in [5, 5.41) is 15.5. The predicted octanol–water partition coefficient (Wildman–Crippen LogP) is 1.58. The van der Waals surface area contributed by atoms with Crippen molar-refractivity contribution in [2.24, 2.45) is 0 Å². The number of nitrogens with one attached hydrogen (secondary N) is 2. The Balaban J connectivity index is 2.06. The lowest BCUT2D eigenvalue weighted by molar-refractivity contribution is 0.0599. The molecule has 1 heterocycles. The van der Waals surface area contributed by atoms with Gasteiger partial charge in [0.05, 0.1) is 38.0 Å². The SMILES string of the molecule is COC(=O)c1cc(C(=O)OC)cc(-c2ccc(CNCCNC[C@@H](C)O)o2)c1. The van der Waals surface area contributed by atoms with Crippen molar-refractivity contribution in [2.45, 2.75) is 19.6 Å². The molecular formula is C20H26N2O6. The molecule has 0 radical (unpaired) electrons. The van der Waals surface area contributed by atoms with Gasteiger partial charge in [-0.05, 0) is 37.3 Å². The van der Waals surface area contributed by atoms with Crippen molar-refractivity contribution in [2.75, 3.05) is 33.9 Å². The number of aliphatic hydroxyl groups is 1. The number of esters is 2. The van der Waals surface area contributed by atoms with Gasteiger partial charge in [-0.2, -0.15) is 0 Å². The zero-order chi connectivity index (χ0) is 20.5. The van der Waals surface area contributed by atoms with Gasteiger partial charge in [-0.15, -0.1) is 0 Å². The zero-order valence-electron chi connectivity index (χ0n) is 16.3. The second kappa shape index (κ2) is 10.6. The maximum atomic E-state index is 11.9. The zero-order valence-corrected chi connectivity index (χ0v) is 16.3. The molecule has 0 fully saturated rings. The van der Waals surface area contributed by atoms with Gasteiger partial charge in [0.2, 0.25) is 0 Å². The second-order valence-electron chi connectivity index (χ2n) is 6.28. The average molecular weight is 390 g/mol. The number of methoxy groups -OCH3 is 2. The fraction of sp³-hybridized carbons (Fsp3) is 0.400. The van der Waals surface area contributed by atoms with Gasteiger partial charge in [0.15, 0.2) is 0 Å². The Morgan fingerprint density at radius 3 is 2.21 bits per heavy atom. The van der Waals surface area contributed by atoms with E-state index in [4.69, 9.17) is 13.9 Å². The van der Waals surface area contributed by atoms with Gasteiger partial charge in [0.1, 0.15) is 11.5 Å². The molecule has 0 saturated carbocycles. The summed E-state index contributed by atoms with van der Waals surface area (Å²) in [6.07, 6.45) is -0.372. The molecule has 1 aromatic carbocycles. The molecule has 0 amide bonds. The third-order valence-electron chi connectivity index (χ3n) is 3.94. The van der Waals surface area contributed by atoms with Crippen LogP contribution in [0.15, 0.2) is 34.7 Å². The number of carbonyl (C=O) groups is 2. The van der Waals surface area contributed by atoms with Crippen molar-refractivity contribution in [3.05, 3.63) is 47.2 Å². The molecule has 1 atom stereocenters. The Kier molecular flexibility index (Phi) is 8.19. The van der Waals surface area contributed by atoms with Crippen LogP contribution in [0.2, 0.25) is 0 Å². The van der Waals surface area contributed by atoms with E-state index in [-0.39, 0.29) is 17.2 Å². The molecule has 8 heteroatoms. The molecule has 0 unspecified atom stereocenters. The molecule has 0 aliphatic rings. The third kappa shape index (κ3) is 6.19. The Morgan fingerprint density at radius 1 is 1.04 bits per heavy atom. The summed E-state index contributed by atoms with van der Waals surface area (Å²) in [7, 11) is 2.55. The van der Waals surface area contributed by atoms with Crippen LogP contribution in [-0.2, 0) is 16.0 Å². The van der Waals surface area contributed by atoms with Crippen molar-refractivity contribution in [3.63, 3.8) is 0 Å². The maximum Gasteiger partial charge on any atom is 0.337 e. The summed E-state index contributed by atoms with van der Waals surface area (Å²) in [5.41, 5.74) is 1.05. The van der Waals surface area contributed by atoms with Crippen LogP contribution in [0.25, 0.3) is 11.3 Å². The molecule has 0 spiro atoms. The minimum Gasteiger partial charge on any atom is -0.465 e. The molecular weight excluding hydrogens is 364 g/mol. The first-order valence-corrected chi connectivity index (χ1v) is 8.95. The Labute approximate surface area is 163 Å². The maximum absolute atomic E-state index is 11.9. The molecule has 152 valence electrons. The molecule has 1 aromatic heterocycles. The molecule has 28 heavy (non-hydrogen) atoms. The van der Waals surface area contributed by atoms with Crippen molar-refractivity contribution in [1.82, 2.24) is 10.6 Å². The number of aliphatic hydroxyl groups excluding tert-OH is 1. The molecule has 2 aromatic rings. The molecule has 3 N–H and O–H groups in total. The highest BCUT2D eigenvalue weighted by atomic mass is 16.5. The first-order chi connectivity index (χ1) is 13.4. The second-order valence-corrected chi connectivity index (χ2v) is 6.28. The average Bonchev–Trinajstić information content (AvgIpc) is 3.17. The van der Waals surface area contributed by atoms with Gasteiger partial charge >= 0.3 is 11.9 Å². The van der Waals surface area contributed by atoms with E-state index in [9.17, 15) is 14.7 Å². The largest absolute Gasteiger partial charge is 0.465 e. The minimum atomic E-state index is -0.551. The van der Waals surface area contributed by atoms with Gasteiger partial charge in [-0.25, -0.2) is 9.59 Å². The summed E-state index contributed by atoms with van der Waals surface area (Å²) in [4.78, 5) is 23.8. The van der Waals surface area contributed by atoms with Crippen molar-refractivity contribution in [1.29, 1.82) is 0 Å². The number of benzene rings is 1. The van der Waals surface area contributed by atoms with Crippen molar-refractivity contribution >= 4 is 11.9 Å². The fourth-order valence-electron chi connectivity index (χ4n) is 2.57. The van der Waals surface area contributed by atoms with Crippen LogP contribution in [0.5, 0.6) is 0 Å². The van der Waals surface area contributed by atoms with Gasteiger partial charge in [0.25, 0.3) is 0 Å². The number of furan rings is 1. The van der Waals surface area contributed by atoms with Crippen molar-refractivity contribution < 1.29 is 28.6 Å². The third-order valence-corrected chi connectivity index (χ3v) is 3.94. The summed E-state index contributed by atoms with van der Waals surface area (Å²) < 4.78 is 15.3. The van der Waals surface area contributed by atoms with Gasteiger partial charge in [0, 0.05) is 25.2 Å². The normalized spacial score (nSPS) is 11.9. The molecule has 0 bridgehead atoms. The highest BCUT2D eigenvalue weighted by molar-refractivity contribution is 5.97. The van der Waals surface area contributed by atoms with Gasteiger partial charge < -0.3 is 29.6 Å². The Hall–Kier alpha value is -2.68. The van der Waals surface area contributed by atoms with E-state index in [1.807, 2.05) is 6.07 Å². The molecule has 0 aliphatic carbocycles. The number of hydrogen-bond acceptors (Lipinski definition) is 8. The minimum absolute atomic E-state index is 0.237. The van der Waals surface area contributed by atoms with Crippen LogP contribution < -0.4 is 10.6 Å². The summed E-state index contributed by atoms with van der Waals surface area (Å²) in [6, 6.07) is 8.24. The van der Waals surface area contributed by atoms with Crippen LogP contribution in [0.3, 0.4) is 0 Å². The van der Waals surface area contributed by atoms with Crippen LogP contribution in [-0.4, -0.2) is 57.0 Å². The standard InChI is InChI=1S/C20H26N2O6/c1-13(23)11-21-6-7-22-12-17-4-5-18(28-17)14-8-15(19(24)26-2)10-16(9-14)20(25)27-3/h4-5,8-10,13,21-23H,6-7,11-12H2,1-3H3/t13-/m1/s1. The number of rotatable bonds is 10. The Morgan fingerprint density at radius 2 is 1.64 bits per heavy atom. The lowest BCUT2D eigenvalue weighted by Crippen LogP contribution is -2.31. The van der Waals surface area contributed by atoms with Gasteiger partial charge in [-0.1, -0.05) is 0 Å². The highest BCUT2D eigenvalue weighted by Gasteiger charge is 2.16. The summed E-state index contributed by atoms with van der Waals surface area (Å²) >= 11 is 0. The van der Waals surface area contributed by atoms with E-state index in [2.05, 4.69) is 10.6 Å². The highest BCUT2D eigenvalue weighted by Crippen LogP contribution is 2.25. The van der Waals surface area contributed by atoms with E-state index >= 15 is 0 Å². The summed E-state index contributed by atoms with van der Waals surface area (Å²) in [6.45, 7) is 4.24.